The number of anilines is 1. The van der Waals surface area contributed by atoms with E-state index in [0.717, 1.165) is 23.7 Å². The molecule has 1 heterocycles. The van der Waals surface area contributed by atoms with Crippen LogP contribution in [-0.4, -0.2) is 17.1 Å². The Kier molecular flexibility index (Phi) is 3.49. The summed E-state index contributed by atoms with van der Waals surface area (Å²) in [6, 6.07) is 7.64. The van der Waals surface area contributed by atoms with Gasteiger partial charge in [-0.2, -0.15) is 0 Å². The number of nitrogens with zero attached hydrogens (tertiary/aromatic N) is 2. The molecule has 0 aliphatic heterocycles. The Balaban J connectivity index is 2.04. The molecule has 17 heavy (non-hydrogen) atoms. The van der Waals surface area contributed by atoms with E-state index < -0.39 is 5.82 Å². The number of halogens is 1. The van der Waals surface area contributed by atoms with Gasteiger partial charge in [-0.15, -0.1) is 0 Å². The predicted octanol–water partition coefficient (Wildman–Crippen LogP) is 2.24. The largest absolute Gasteiger partial charge is 0.496 e. The summed E-state index contributed by atoms with van der Waals surface area (Å²) in [5, 5.41) is 2.99. The van der Waals surface area contributed by atoms with Gasteiger partial charge in [-0.25, -0.2) is 14.4 Å². The van der Waals surface area contributed by atoms with Crippen molar-refractivity contribution in [1.82, 2.24) is 9.97 Å². The van der Waals surface area contributed by atoms with Crippen LogP contribution in [-0.2, 0) is 6.54 Å². The fourth-order valence-electron chi connectivity index (χ4n) is 1.43. The van der Waals surface area contributed by atoms with Crippen LogP contribution in [0.3, 0.4) is 0 Å². The van der Waals surface area contributed by atoms with E-state index in [1.807, 2.05) is 24.3 Å². The van der Waals surface area contributed by atoms with Gasteiger partial charge in [-0.1, -0.05) is 18.2 Å². The summed E-state index contributed by atoms with van der Waals surface area (Å²) in [5.41, 5.74) is 0.989. The van der Waals surface area contributed by atoms with Crippen molar-refractivity contribution < 1.29 is 9.13 Å². The second kappa shape index (κ2) is 5.25. The van der Waals surface area contributed by atoms with Crippen molar-refractivity contribution in [3.05, 3.63) is 48.0 Å². The molecule has 5 heteroatoms. The zero-order valence-corrected chi connectivity index (χ0v) is 9.35. The molecule has 88 valence electrons. The molecule has 4 nitrogen and oxygen atoms in total. The molecule has 2 rings (SSSR count). The van der Waals surface area contributed by atoms with Gasteiger partial charge in [0.05, 0.1) is 19.5 Å². The fraction of sp³-hybridized carbons (Fsp3) is 0.167. The van der Waals surface area contributed by atoms with Gasteiger partial charge in [0.15, 0.2) is 5.82 Å². The highest BCUT2D eigenvalue weighted by Crippen LogP contribution is 2.17. The number of hydrogen-bond donors (Lipinski definition) is 1. The molecule has 0 unspecified atom stereocenters. The van der Waals surface area contributed by atoms with Gasteiger partial charge in [0.25, 0.3) is 0 Å². The molecule has 0 atom stereocenters. The van der Waals surface area contributed by atoms with Crippen LogP contribution in [0.5, 0.6) is 5.75 Å². The van der Waals surface area contributed by atoms with E-state index in [2.05, 4.69) is 15.3 Å². The lowest BCUT2D eigenvalue weighted by Crippen LogP contribution is -2.04. The number of aromatic nitrogens is 2. The Bertz CT molecular complexity index is 487. The first kappa shape index (κ1) is 11.3. The van der Waals surface area contributed by atoms with E-state index in [-0.39, 0.29) is 0 Å². The summed E-state index contributed by atoms with van der Waals surface area (Å²) in [5.74, 6) is 0.729. The zero-order valence-electron chi connectivity index (χ0n) is 9.35. The number of nitrogens with one attached hydrogen (secondary N) is 1. The molecule has 0 spiro atoms. The van der Waals surface area contributed by atoms with Gasteiger partial charge in [0.2, 0.25) is 5.95 Å². The maximum Gasteiger partial charge on any atom is 0.223 e. The van der Waals surface area contributed by atoms with Crippen molar-refractivity contribution in [2.24, 2.45) is 0 Å². The van der Waals surface area contributed by atoms with Crippen molar-refractivity contribution in [3.8, 4) is 5.75 Å². The van der Waals surface area contributed by atoms with Crippen molar-refractivity contribution >= 4 is 5.95 Å². The minimum Gasteiger partial charge on any atom is -0.496 e. The lowest BCUT2D eigenvalue weighted by Gasteiger charge is -2.08. The Morgan fingerprint density at radius 2 is 1.94 bits per heavy atom. The fourth-order valence-corrected chi connectivity index (χ4v) is 1.43. The van der Waals surface area contributed by atoms with Crippen LogP contribution in [0.25, 0.3) is 0 Å². The van der Waals surface area contributed by atoms with E-state index in [9.17, 15) is 4.39 Å². The number of para-hydroxylation sites is 1. The van der Waals surface area contributed by atoms with Crippen molar-refractivity contribution in [3.63, 3.8) is 0 Å². The predicted molar refractivity (Wildman–Crippen MR) is 62.3 cm³/mol. The van der Waals surface area contributed by atoms with Crippen LogP contribution in [0.15, 0.2) is 36.7 Å². The maximum atomic E-state index is 12.6. The molecule has 0 aliphatic carbocycles. The Labute approximate surface area is 98.5 Å². The minimum atomic E-state index is -0.451. The van der Waals surface area contributed by atoms with Crippen molar-refractivity contribution in [2.45, 2.75) is 6.54 Å². The third-order valence-electron chi connectivity index (χ3n) is 2.25. The quantitative estimate of drug-likeness (QED) is 0.879. The van der Waals surface area contributed by atoms with Gasteiger partial charge in [-0.05, 0) is 6.07 Å². The molecule has 1 aromatic heterocycles. The van der Waals surface area contributed by atoms with E-state index in [4.69, 9.17) is 4.74 Å². The van der Waals surface area contributed by atoms with Gasteiger partial charge < -0.3 is 10.1 Å². The molecule has 0 radical (unpaired) electrons. The lowest BCUT2D eigenvalue weighted by atomic mass is 10.2. The number of rotatable bonds is 4. The van der Waals surface area contributed by atoms with E-state index in [1.54, 1.807) is 7.11 Å². The molecule has 0 saturated carbocycles. The van der Waals surface area contributed by atoms with Gasteiger partial charge in [0.1, 0.15) is 5.75 Å². The third-order valence-corrected chi connectivity index (χ3v) is 2.25. The first-order chi connectivity index (χ1) is 8.29. The molecule has 2 aromatic rings. The number of benzene rings is 1. The summed E-state index contributed by atoms with van der Waals surface area (Å²) in [6.45, 7) is 0.523. The van der Waals surface area contributed by atoms with Crippen molar-refractivity contribution in [1.29, 1.82) is 0 Å². The normalized spacial score (nSPS) is 10.0. The maximum absolute atomic E-state index is 12.6. The molecule has 1 N–H and O–H groups in total. The topological polar surface area (TPSA) is 47.0 Å². The number of ether oxygens (including phenoxy) is 1. The third kappa shape index (κ3) is 2.90. The highest BCUT2D eigenvalue weighted by Gasteiger charge is 2.02. The van der Waals surface area contributed by atoms with Crippen LogP contribution < -0.4 is 10.1 Å². The molecule has 0 saturated heterocycles. The summed E-state index contributed by atoms with van der Waals surface area (Å²) in [4.78, 5) is 7.62. The highest BCUT2D eigenvalue weighted by molar-refractivity contribution is 5.36. The minimum absolute atomic E-state index is 0.386. The van der Waals surface area contributed by atoms with Crippen molar-refractivity contribution in [2.75, 3.05) is 12.4 Å². The van der Waals surface area contributed by atoms with Crippen LogP contribution in [0.1, 0.15) is 5.56 Å². The first-order valence-electron chi connectivity index (χ1n) is 5.13. The van der Waals surface area contributed by atoms with E-state index in [1.165, 1.54) is 0 Å². The van der Waals surface area contributed by atoms with Crippen LogP contribution in [0.4, 0.5) is 10.3 Å². The molecule has 0 fully saturated rings. The molecule has 1 aromatic carbocycles. The Morgan fingerprint density at radius 1 is 1.24 bits per heavy atom. The zero-order chi connectivity index (χ0) is 12.1. The Morgan fingerprint density at radius 3 is 2.65 bits per heavy atom. The SMILES string of the molecule is COc1ccccc1CNc1ncc(F)cn1. The lowest BCUT2D eigenvalue weighted by molar-refractivity contribution is 0.410. The van der Waals surface area contributed by atoms with Gasteiger partial charge in [0, 0.05) is 12.1 Å². The first-order valence-corrected chi connectivity index (χ1v) is 5.13. The van der Waals surface area contributed by atoms with Gasteiger partial charge >= 0.3 is 0 Å². The Hall–Kier alpha value is -2.17. The summed E-state index contributed by atoms with van der Waals surface area (Å²) in [6.07, 6.45) is 2.25. The monoisotopic (exact) mass is 233 g/mol. The molecule has 0 aliphatic rings. The standard InChI is InChI=1S/C12H12FN3O/c1-17-11-5-3-2-4-9(11)6-14-12-15-7-10(13)8-16-12/h2-5,7-8H,6H2,1H3,(H,14,15,16). The smallest absolute Gasteiger partial charge is 0.223 e. The van der Waals surface area contributed by atoms with Crippen LogP contribution in [0, 0.1) is 5.82 Å². The molecule has 0 bridgehead atoms. The molecular weight excluding hydrogens is 221 g/mol. The second-order valence-corrected chi connectivity index (χ2v) is 3.39. The number of hydrogen-bond acceptors (Lipinski definition) is 4. The summed E-state index contributed by atoms with van der Waals surface area (Å²) >= 11 is 0. The average Bonchev–Trinajstić information content (AvgIpc) is 2.38. The number of methoxy groups -OCH3 is 1. The molecule has 0 amide bonds. The molecular formula is C12H12FN3O. The highest BCUT2D eigenvalue weighted by atomic mass is 19.1. The average molecular weight is 233 g/mol. The van der Waals surface area contributed by atoms with E-state index in [0.29, 0.717) is 12.5 Å². The van der Waals surface area contributed by atoms with Crippen LogP contribution in [0.2, 0.25) is 0 Å². The van der Waals surface area contributed by atoms with Crippen LogP contribution >= 0.6 is 0 Å². The van der Waals surface area contributed by atoms with Gasteiger partial charge in [-0.3, -0.25) is 0 Å². The summed E-state index contributed by atoms with van der Waals surface area (Å²) in [7, 11) is 1.62. The van der Waals surface area contributed by atoms with E-state index >= 15 is 0 Å². The summed E-state index contributed by atoms with van der Waals surface area (Å²) < 4.78 is 17.8. The second-order valence-electron chi connectivity index (χ2n) is 3.39.